The predicted molar refractivity (Wildman–Crippen MR) is 117 cm³/mol. The Kier molecular flexibility index (Phi) is 7.25. The molecule has 1 fully saturated rings. The molecule has 4 rings (SSSR count). The van der Waals surface area contributed by atoms with Crippen LogP contribution >= 0.6 is 0 Å². The van der Waals surface area contributed by atoms with Gasteiger partial charge in [0, 0.05) is 32.7 Å². The van der Waals surface area contributed by atoms with Gasteiger partial charge < -0.3 is 15.4 Å². The maximum absolute atomic E-state index is 12.3. The summed E-state index contributed by atoms with van der Waals surface area (Å²) in [6.45, 7) is 5.99. The molecule has 2 heterocycles. The van der Waals surface area contributed by atoms with Crippen LogP contribution in [0.1, 0.15) is 22.3 Å². The highest BCUT2D eigenvalue weighted by atomic mass is 16.5. The summed E-state index contributed by atoms with van der Waals surface area (Å²) in [5, 5.41) is 10.0. The number of ether oxygens (including phenoxy) is 1. The van der Waals surface area contributed by atoms with Crippen molar-refractivity contribution >= 4 is 6.03 Å². The molecule has 2 aromatic carbocycles. The van der Waals surface area contributed by atoms with Gasteiger partial charge in [-0.3, -0.25) is 4.90 Å². The standard InChI is InChI=1S/C23H28N6O2/c30-23(25-13-19-5-7-20(8-6-19)15-29-18-24-17-27-29)26-14-21-3-1-2-4-22(21)16-28-9-11-31-12-10-28/h1-8,17-18H,9-16H2,(H2,25,26,30). The highest BCUT2D eigenvalue weighted by Gasteiger charge is 2.13. The van der Waals surface area contributed by atoms with Crippen LogP contribution in [0.25, 0.3) is 0 Å². The van der Waals surface area contributed by atoms with Gasteiger partial charge in [0.15, 0.2) is 0 Å². The van der Waals surface area contributed by atoms with E-state index in [0.29, 0.717) is 19.6 Å². The molecule has 0 spiro atoms. The lowest BCUT2D eigenvalue weighted by Gasteiger charge is -2.27. The van der Waals surface area contributed by atoms with Crippen molar-refractivity contribution in [3.05, 3.63) is 83.4 Å². The largest absolute Gasteiger partial charge is 0.379 e. The molecule has 31 heavy (non-hydrogen) atoms. The SMILES string of the molecule is O=C(NCc1ccc(Cn2cncn2)cc1)NCc1ccccc1CN1CCOCC1. The first-order chi connectivity index (χ1) is 15.3. The Hall–Kier alpha value is -3.23. The molecule has 2 amide bonds. The van der Waals surface area contributed by atoms with Crippen LogP contribution < -0.4 is 10.6 Å². The Morgan fingerprint density at radius 2 is 1.61 bits per heavy atom. The van der Waals surface area contributed by atoms with Crippen molar-refractivity contribution in [3.8, 4) is 0 Å². The summed E-state index contributed by atoms with van der Waals surface area (Å²) in [7, 11) is 0. The van der Waals surface area contributed by atoms with Gasteiger partial charge in [-0.05, 0) is 22.3 Å². The third-order valence-corrected chi connectivity index (χ3v) is 5.34. The number of carbonyl (C=O) groups is 1. The molecule has 3 aromatic rings. The Labute approximate surface area is 182 Å². The van der Waals surface area contributed by atoms with E-state index in [-0.39, 0.29) is 6.03 Å². The van der Waals surface area contributed by atoms with E-state index in [0.717, 1.165) is 49.5 Å². The first-order valence-electron chi connectivity index (χ1n) is 10.5. The summed E-state index contributed by atoms with van der Waals surface area (Å²) >= 11 is 0. The fourth-order valence-electron chi connectivity index (χ4n) is 3.57. The number of amides is 2. The quantitative estimate of drug-likeness (QED) is 0.583. The zero-order chi connectivity index (χ0) is 21.3. The summed E-state index contributed by atoms with van der Waals surface area (Å²) < 4.78 is 7.20. The number of nitrogens with zero attached hydrogens (tertiary/aromatic N) is 4. The van der Waals surface area contributed by atoms with Crippen LogP contribution in [0.5, 0.6) is 0 Å². The van der Waals surface area contributed by atoms with Crippen molar-refractivity contribution in [1.29, 1.82) is 0 Å². The summed E-state index contributed by atoms with van der Waals surface area (Å²) in [4.78, 5) is 18.6. The molecule has 2 N–H and O–H groups in total. The van der Waals surface area contributed by atoms with E-state index >= 15 is 0 Å². The highest BCUT2D eigenvalue weighted by Crippen LogP contribution is 2.13. The number of benzene rings is 2. The van der Waals surface area contributed by atoms with Gasteiger partial charge in [0.25, 0.3) is 0 Å². The average Bonchev–Trinajstić information content (AvgIpc) is 3.32. The lowest BCUT2D eigenvalue weighted by molar-refractivity contribution is 0.0341. The number of aromatic nitrogens is 3. The third-order valence-electron chi connectivity index (χ3n) is 5.34. The van der Waals surface area contributed by atoms with Crippen molar-refractivity contribution in [3.63, 3.8) is 0 Å². The van der Waals surface area contributed by atoms with Crippen LogP contribution in [0.2, 0.25) is 0 Å². The topological polar surface area (TPSA) is 84.3 Å². The summed E-state index contributed by atoms with van der Waals surface area (Å²) in [5.74, 6) is 0. The van der Waals surface area contributed by atoms with Gasteiger partial charge in [0.05, 0.1) is 19.8 Å². The van der Waals surface area contributed by atoms with Crippen molar-refractivity contribution in [2.75, 3.05) is 26.3 Å². The van der Waals surface area contributed by atoms with Crippen molar-refractivity contribution in [2.45, 2.75) is 26.2 Å². The normalized spacial score (nSPS) is 14.3. The molecule has 0 saturated carbocycles. The first kappa shape index (κ1) is 21.0. The van der Waals surface area contributed by atoms with Gasteiger partial charge in [-0.2, -0.15) is 5.10 Å². The third kappa shape index (κ3) is 6.37. The number of hydrogen-bond acceptors (Lipinski definition) is 5. The highest BCUT2D eigenvalue weighted by molar-refractivity contribution is 5.73. The first-order valence-corrected chi connectivity index (χ1v) is 10.5. The number of carbonyl (C=O) groups excluding carboxylic acids is 1. The van der Waals surface area contributed by atoms with Gasteiger partial charge >= 0.3 is 6.03 Å². The van der Waals surface area contributed by atoms with Crippen LogP contribution in [0.15, 0.2) is 61.2 Å². The maximum Gasteiger partial charge on any atom is 0.315 e. The Bertz CT molecular complexity index is 952. The smallest absolute Gasteiger partial charge is 0.315 e. The Morgan fingerprint density at radius 1 is 0.903 bits per heavy atom. The molecule has 0 atom stereocenters. The Morgan fingerprint density at radius 3 is 2.35 bits per heavy atom. The maximum atomic E-state index is 12.3. The molecule has 0 radical (unpaired) electrons. The van der Waals surface area contributed by atoms with Gasteiger partial charge in [0.1, 0.15) is 12.7 Å². The van der Waals surface area contributed by atoms with Crippen LogP contribution in [-0.4, -0.2) is 52.0 Å². The van der Waals surface area contributed by atoms with Crippen molar-refractivity contribution in [2.24, 2.45) is 0 Å². The van der Waals surface area contributed by atoms with Gasteiger partial charge in [-0.1, -0.05) is 48.5 Å². The van der Waals surface area contributed by atoms with E-state index in [9.17, 15) is 4.79 Å². The number of urea groups is 1. The minimum Gasteiger partial charge on any atom is -0.379 e. The Balaban J connectivity index is 1.23. The zero-order valence-corrected chi connectivity index (χ0v) is 17.5. The van der Waals surface area contributed by atoms with Crippen LogP contribution in [0, 0.1) is 0 Å². The van der Waals surface area contributed by atoms with E-state index in [1.807, 2.05) is 36.4 Å². The number of morpholine rings is 1. The van der Waals surface area contributed by atoms with E-state index in [1.54, 1.807) is 11.0 Å². The van der Waals surface area contributed by atoms with Gasteiger partial charge in [0.2, 0.25) is 0 Å². The fraction of sp³-hybridized carbons (Fsp3) is 0.348. The molecule has 1 aliphatic rings. The molecular weight excluding hydrogens is 392 g/mol. The minimum absolute atomic E-state index is 0.173. The molecule has 8 heteroatoms. The van der Waals surface area contributed by atoms with Gasteiger partial charge in [-0.15, -0.1) is 0 Å². The van der Waals surface area contributed by atoms with Crippen LogP contribution in [0.3, 0.4) is 0 Å². The minimum atomic E-state index is -0.173. The molecule has 1 aliphatic heterocycles. The second kappa shape index (κ2) is 10.7. The number of nitrogens with one attached hydrogen (secondary N) is 2. The van der Waals surface area contributed by atoms with E-state index in [1.165, 1.54) is 11.9 Å². The van der Waals surface area contributed by atoms with Crippen LogP contribution in [0.4, 0.5) is 4.79 Å². The van der Waals surface area contributed by atoms with Crippen LogP contribution in [-0.2, 0) is 30.9 Å². The van der Waals surface area contributed by atoms with E-state index < -0.39 is 0 Å². The van der Waals surface area contributed by atoms with Crippen molar-refractivity contribution in [1.82, 2.24) is 30.3 Å². The molecule has 0 bridgehead atoms. The summed E-state index contributed by atoms with van der Waals surface area (Å²) in [5.41, 5.74) is 4.56. The molecule has 8 nitrogen and oxygen atoms in total. The van der Waals surface area contributed by atoms with E-state index in [4.69, 9.17) is 4.74 Å². The molecule has 1 saturated heterocycles. The fourth-order valence-corrected chi connectivity index (χ4v) is 3.57. The summed E-state index contributed by atoms with van der Waals surface area (Å²) in [6.07, 6.45) is 3.22. The lowest BCUT2D eigenvalue weighted by atomic mass is 10.1. The predicted octanol–water partition coefficient (Wildman–Crippen LogP) is 2.16. The number of hydrogen-bond donors (Lipinski definition) is 2. The van der Waals surface area contributed by atoms with Crippen molar-refractivity contribution < 1.29 is 9.53 Å². The van der Waals surface area contributed by atoms with E-state index in [2.05, 4.69) is 37.7 Å². The molecule has 1 aromatic heterocycles. The second-order valence-corrected chi connectivity index (χ2v) is 7.60. The second-order valence-electron chi connectivity index (χ2n) is 7.60. The average molecular weight is 421 g/mol. The zero-order valence-electron chi connectivity index (χ0n) is 17.5. The number of rotatable bonds is 8. The summed E-state index contributed by atoms with van der Waals surface area (Å²) in [6, 6.07) is 16.2. The molecule has 0 unspecified atom stereocenters. The molecule has 162 valence electrons. The monoisotopic (exact) mass is 420 g/mol. The molecular formula is C23H28N6O2. The lowest BCUT2D eigenvalue weighted by Crippen LogP contribution is -2.37. The van der Waals surface area contributed by atoms with Gasteiger partial charge in [-0.25, -0.2) is 14.5 Å². The molecule has 0 aliphatic carbocycles.